The van der Waals surface area contributed by atoms with E-state index in [-0.39, 0.29) is 0 Å². The van der Waals surface area contributed by atoms with E-state index in [2.05, 4.69) is 30.1 Å². The summed E-state index contributed by atoms with van der Waals surface area (Å²) in [4.78, 5) is 5.22. The van der Waals surface area contributed by atoms with Gasteiger partial charge in [0.05, 0.1) is 5.69 Å². The number of aromatic nitrogens is 1. The molecule has 1 aromatic carbocycles. The second kappa shape index (κ2) is 6.53. The van der Waals surface area contributed by atoms with Crippen molar-refractivity contribution >= 4 is 11.3 Å². The van der Waals surface area contributed by atoms with Crippen LogP contribution in [0.2, 0.25) is 0 Å². The summed E-state index contributed by atoms with van der Waals surface area (Å²) in [6.07, 6.45) is 1.85. The van der Waals surface area contributed by atoms with Gasteiger partial charge in [0.2, 0.25) is 0 Å². The molecule has 0 atom stereocenters. The second-order valence-corrected chi connectivity index (χ2v) is 5.89. The highest BCUT2D eigenvalue weighted by Crippen LogP contribution is 2.23. The van der Waals surface area contributed by atoms with Gasteiger partial charge in [-0.15, -0.1) is 11.3 Å². The molecule has 0 saturated heterocycles. The van der Waals surface area contributed by atoms with Crippen LogP contribution in [0.25, 0.3) is 0 Å². The van der Waals surface area contributed by atoms with Gasteiger partial charge in [0, 0.05) is 0 Å². The Labute approximate surface area is 123 Å². The summed E-state index contributed by atoms with van der Waals surface area (Å²) in [6, 6.07) is 8.37. The normalized spacial score (nSPS) is 10.3. The first-order valence-electron chi connectivity index (χ1n) is 6.72. The highest BCUT2D eigenvalue weighted by atomic mass is 32.1. The Kier molecular flexibility index (Phi) is 4.75. The Bertz CT molecular complexity index is 640. The Morgan fingerprint density at radius 2 is 2.15 bits per heavy atom. The van der Waals surface area contributed by atoms with Gasteiger partial charge < -0.3 is 4.74 Å². The number of nitriles is 1. The maximum absolute atomic E-state index is 9.10. The van der Waals surface area contributed by atoms with Gasteiger partial charge in [-0.2, -0.15) is 5.26 Å². The third kappa shape index (κ3) is 3.37. The van der Waals surface area contributed by atoms with Crippen molar-refractivity contribution in [2.75, 3.05) is 0 Å². The molecule has 1 aromatic heterocycles. The molecule has 104 valence electrons. The van der Waals surface area contributed by atoms with E-state index >= 15 is 0 Å². The molecule has 0 amide bonds. The number of hydrogen-bond donors (Lipinski definition) is 0. The molecule has 0 aliphatic carbocycles. The molecule has 2 rings (SSSR count). The van der Waals surface area contributed by atoms with Crippen LogP contribution in [0.1, 0.15) is 40.1 Å². The average Bonchev–Trinajstić information content (AvgIpc) is 2.82. The van der Waals surface area contributed by atoms with E-state index in [4.69, 9.17) is 10.00 Å². The minimum atomic E-state index is 0.424. The van der Waals surface area contributed by atoms with Crippen molar-refractivity contribution in [3.05, 3.63) is 44.9 Å². The molecule has 20 heavy (non-hydrogen) atoms. The molecule has 4 heteroatoms. The highest BCUT2D eigenvalue weighted by Gasteiger charge is 2.11. The lowest BCUT2D eigenvalue weighted by Crippen LogP contribution is -1.97. The van der Waals surface area contributed by atoms with Crippen LogP contribution in [-0.4, -0.2) is 4.98 Å². The molecule has 0 fully saturated rings. The summed E-state index contributed by atoms with van der Waals surface area (Å²) >= 11 is 1.43. The van der Waals surface area contributed by atoms with Gasteiger partial charge in [0.25, 0.3) is 0 Å². The van der Waals surface area contributed by atoms with Gasteiger partial charge in [0.15, 0.2) is 0 Å². The van der Waals surface area contributed by atoms with Gasteiger partial charge in [0.1, 0.15) is 28.3 Å². The summed E-state index contributed by atoms with van der Waals surface area (Å²) < 4.78 is 5.83. The van der Waals surface area contributed by atoms with Gasteiger partial charge in [-0.25, -0.2) is 4.98 Å². The maximum Gasteiger partial charge on any atom is 0.140 e. The number of rotatable bonds is 5. The minimum absolute atomic E-state index is 0.424. The fraction of sp³-hybridized carbons (Fsp3) is 0.375. The highest BCUT2D eigenvalue weighted by molar-refractivity contribution is 7.12. The van der Waals surface area contributed by atoms with Gasteiger partial charge in [-0.3, -0.25) is 0 Å². The Morgan fingerprint density at radius 3 is 2.85 bits per heavy atom. The predicted molar refractivity (Wildman–Crippen MR) is 81.1 cm³/mol. The van der Waals surface area contributed by atoms with Crippen LogP contribution in [0.5, 0.6) is 5.75 Å². The van der Waals surface area contributed by atoms with Crippen LogP contribution in [0.15, 0.2) is 18.2 Å². The van der Waals surface area contributed by atoms with Crippen molar-refractivity contribution in [2.45, 2.75) is 40.2 Å². The number of benzene rings is 1. The lowest BCUT2D eigenvalue weighted by atomic mass is 10.1. The van der Waals surface area contributed by atoms with E-state index in [0.717, 1.165) is 34.9 Å². The third-order valence-electron chi connectivity index (χ3n) is 3.02. The first kappa shape index (κ1) is 14.5. The molecular formula is C16H18N2OS. The molecule has 3 nitrogen and oxygen atoms in total. The average molecular weight is 286 g/mol. The third-order valence-corrected chi connectivity index (χ3v) is 4.00. The molecule has 1 heterocycles. The summed E-state index contributed by atoms with van der Waals surface area (Å²) in [5.41, 5.74) is 3.19. The summed E-state index contributed by atoms with van der Waals surface area (Å²) in [5, 5.41) is 9.97. The predicted octanol–water partition coefficient (Wildman–Crippen LogP) is 4.16. The van der Waals surface area contributed by atoms with Crippen molar-refractivity contribution in [1.29, 1.82) is 5.26 Å². The monoisotopic (exact) mass is 286 g/mol. The van der Waals surface area contributed by atoms with Crippen molar-refractivity contribution in [1.82, 2.24) is 4.98 Å². The first-order valence-corrected chi connectivity index (χ1v) is 7.54. The lowest BCUT2D eigenvalue weighted by Gasteiger charge is -2.08. The van der Waals surface area contributed by atoms with E-state index in [1.165, 1.54) is 16.9 Å². The topological polar surface area (TPSA) is 45.9 Å². The first-order chi connectivity index (χ1) is 9.63. The molecule has 0 aliphatic rings. The Hall–Kier alpha value is -1.86. The van der Waals surface area contributed by atoms with Crippen molar-refractivity contribution in [3.63, 3.8) is 0 Å². The van der Waals surface area contributed by atoms with Gasteiger partial charge in [-0.05, 0) is 37.5 Å². The zero-order valence-corrected chi connectivity index (χ0v) is 12.9. The minimum Gasteiger partial charge on any atom is -0.486 e. The van der Waals surface area contributed by atoms with Crippen molar-refractivity contribution < 1.29 is 4.74 Å². The number of ether oxygens (including phenoxy) is 1. The summed E-state index contributed by atoms with van der Waals surface area (Å²) in [6.45, 7) is 6.59. The van der Waals surface area contributed by atoms with Crippen LogP contribution >= 0.6 is 11.3 Å². The van der Waals surface area contributed by atoms with E-state index in [9.17, 15) is 0 Å². The van der Waals surface area contributed by atoms with Crippen LogP contribution in [0, 0.1) is 25.2 Å². The van der Waals surface area contributed by atoms with Crippen LogP contribution in [-0.2, 0) is 13.0 Å². The van der Waals surface area contributed by atoms with E-state index < -0.39 is 0 Å². The molecule has 0 radical (unpaired) electrons. The number of hydrogen-bond acceptors (Lipinski definition) is 4. The van der Waals surface area contributed by atoms with E-state index in [1.54, 1.807) is 0 Å². The van der Waals surface area contributed by atoms with Crippen LogP contribution in [0.4, 0.5) is 0 Å². The largest absolute Gasteiger partial charge is 0.486 e. The number of thiazole rings is 1. The maximum atomic E-state index is 9.10. The van der Waals surface area contributed by atoms with Gasteiger partial charge in [-0.1, -0.05) is 25.5 Å². The molecule has 0 bridgehead atoms. The zero-order valence-electron chi connectivity index (χ0n) is 12.1. The second-order valence-electron chi connectivity index (χ2n) is 4.80. The molecule has 0 aliphatic heterocycles. The molecular weight excluding hydrogens is 268 g/mol. The fourth-order valence-electron chi connectivity index (χ4n) is 1.96. The standard InChI is InChI=1S/C16H18N2OS/c1-4-5-13-15(9-17)20-16(18-13)10-19-14-8-11(2)6-7-12(14)3/h6-8H,4-5,10H2,1-3H3. The molecule has 2 aromatic rings. The quantitative estimate of drug-likeness (QED) is 0.829. The molecule has 0 N–H and O–H groups in total. The summed E-state index contributed by atoms with van der Waals surface area (Å²) in [7, 11) is 0. The number of aryl methyl sites for hydroxylation is 3. The number of nitrogens with zero attached hydrogens (tertiary/aromatic N) is 2. The molecule has 0 unspecified atom stereocenters. The Balaban J connectivity index is 2.11. The van der Waals surface area contributed by atoms with Crippen molar-refractivity contribution in [3.8, 4) is 11.8 Å². The van der Waals surface area contributed by atoms with E-state index in [1.807, 2.05) is 19.9 Å². The smallest absolute Gasteiger partial charge is 0.140 e. The molecule has 0 saturated carbocycles. The van der Waals surface area contributed by atoms with Crippen LogP contribution < -0.4 is 4.74 Å². The molecule has 0 spiro atoms. The van der Waals surface area contributed by atoms with Gasteiger partial charge >= 0.3 is 0 Å². The zero-order chi connectivity index (χ0) is 14.5. The van der Waals surface area contributed by atoms with Crippen LogP contribution in [0.3, 0.4) is 0 Å². The fourth-order valence-corrected chi connectivity index (χ4v) is 2.78. The van der Waals surface area contributed by atoms with E-state index in [0.29, 0.717) is 11.5 Å². The lowest BCUT2D eigenvalue weighted by molar-refractivity contribution is 0.303. The summed E-state index contributed by atoms with van der Waals surface area (Å²) in [5.74, 6) is 0.885. The Morgan fingerprint density at radius 1 is 1.35 bits per heavy atom. The SMILES string of the molecule is CCCc1nc(COc2cc(C)ccc2C)sc1C#N. The van der Waals surface area contributed by atoms with Crippen molar-refractivity contribution in [2.24, 2.45) is 0 Å².